The number of benzene rings is 2. The Morgan fingerprint density at radius 3 is 2.52 bits per heavy atom. The molecule has 23 heavy (non-hydrogen) atoms. The molecule has 0 aliphatic carbocycles. The van der Waals surface area contributed by atoms with E-state index in [2.05, 4.69) is 5.32 Å². The third kappa shape index (κ3) is 4.06. The molecule has 6 heteroatoms. The first-order valence-electron chi connectivity index (χ1n) is 7.12. The molecular weight excluding hydrogens is 296 g/mol. The van der Waals surface area contributed by atoms with Crippen LogP contribution in [0.4, 0.5) is 11.4 Å². The maximum atomic E-state index is 11.2. The van der Waals surface area contributed by atoms with E-state index in [4.69, 9.17) is 15.2 Å². The molecule has 2 aromatic carbocycles. The molecule has 0 unspecified atom stereocenters. The van der Waals surface area contributed by atoms with Crippen molar-refractivity contribution in [2.75, 3.05) is 31.8 Å². The Hall–Kier alpha value is -2.89. The fraction of sp³-hybridized carbons (Fsp3) is 0.235. The number of nitrogen functional groups attached to an aromatic ring is 1. The van der Waals surface area contributed by atoms with E-state index in [-0.39, 0.29) is 5.56 Å². The summed E-state index contributed by atoms with van der Waals surface area (Å²) < 4.78 is 10.5. The molecule has 2 aromatic rings. The number of nitrogens with one attached hydrogen (secondary N) is 1. The number of carbonyl (C=O) groups is 1. The molecule has 0 spiro atoms. The number of carboxylic acid groups (broad SMARTS) is 1. The number of rotatable bonds is 7. The molecule has 0 aromatic heterocycles. The van der Waals surface area contributed by atoms with Crippen molar-refractivity contribution in [2.24, 2.45) is 0 Å². The molecule has 0 bridgehead atoms. The molecule has 0 amide bonds. The second kappa shape index (κ2) is 7.40. The third-order valence-corrected chi connectivity index (χ3v) is 3.45. The molecule has 2 rings (SSSR count). The summed E-state index contributed by atoms with van der Waals surface area (Å²) in [6, 6.07) is 10.5. The quantitative estimate of drug-likeness (QED) is 0.680. The molecule has 4 N–H and O–H groups in total. The first-order valence-corrected chi connectivity index (χ1v) is 7.12. The van der Waals surface area contributed by atoms with Crippen molar-refractivity contribution in [1.82, 2.24) is 0 Å². The molecule has 0 aliphatic heterocycles. The van der Waals surface area contributed by atoms with Crippen LogP contribution in [0.5, 0.6) is 11.5 Å². The highest BCUT2D eigenvalue weighted by Crippen LogP contribution is 2.27. The SMILES string of the molecule is COc1ccc(CCNc2ccc(N)cc2C(=O)O)cc1OC. The van der Waals surface area contributed by atoms with Gasteiger partial charge in [-0.3, -0.25) is 0 Å². The van der Waals surface area contributed by atoms with Gasteiger partial charge in [-0.15, -0.1) is 0 Å². The molecule has 6 nitrogen and oxygen atoms in total. The second-order valence-electron chi connectivity index (χ2n) is 4.98. The predicted octanol–water partition coefficient (Wildman–Crippen LogP) is 2.64. The minimum Gasteiger partial charge on any atom is -0.493 e. The summed E-state index contributed by atoms with van der Waals surface area (Å²) in [5.74, 6) is 0.338. The van der Waals surface area contributed by atoms with E-state index in [1.807, 2.05) is 18.2 Å². The molecule has 0 fully saturated rings. The van der Waals surface area contributed by atoms with Gasteiger partial charge in [0.2, 0.25) is 0 Å². The van der Waals surface area contributed by atoms with Gasteiger partial charge in [0.1, 0.15) is 0 Å². The van der Waals surface area contributed by atoms with E-state index in [1.54, 1.807) is 26.4 Å². The standard InChI is InChI=1S/C17H20N2O4/c1-22-15-6-3-11(9-16(15)23-2)7-8-19-14-5-4-12(18)10-13(14)17(20)21/h3-6,9-10,19H,7-8,18H2,1-2H3,(H,20,21). The van der Waals surface area contributed by atoms with Gasteiger partial charge in [-0.05, 0) is 42.3 Å². The first kappa shape index (κ1) is 16.5. The number of ether oxygens (including phenoxy) is 2. The van der Waals surface area contributed by atoms with Gasteiger partial charge in [0, 0.05) is 17.9 Å². The van der Waals surface area contributed by atoms with Crippen molar-refractivity contribution in [3.63, 3.8) is 0 Å². The van der Waals surface area contributed by atoms with Crippen molar-refractivity contribution in [3.8, 4) is 11.5 Å². The van der Waals surface area contributed by atoms with Crippen molar-refractivity contribution in [3.05, 3.63) is 47.5 Å². The lowest BCUT2D eigenvalue weighted by Crippen LogP contribution is -2.10. The van der Waals surface area contributed by atoms with Crippen LogP contribution >= 0.6 is 0 Å². The number of carboxylic acids is 1. The van der Waals surface area contributed by atoms with Crippen molar-refractivity contribution in [1.29, 1.82) is 0 Å². The summed E-state index contributed by atoms with van der Waals surface area (Å²) in [7, 11) is 3.18. The summed E-state index contributed by atoms with van der Waals surface area (Å²) in [6.07, 6.45) is 0.712. The van der Waals surface area contributed by atoms with Gasteiger partial charge in [-0.2, -0.15) is 0 Å². The van der Waals surface area contributed by atoms with Crippen LogP contribution in [0, 0.1) is 0 Å². The topological polar surface area (TPSA) is 93.8 Å². The molecule has 0 saturated carbocycles. The van der Waals surface area contributed by atoms with E-state index in [9.17, 15) is 9.90 Å². The van der Waals surface area contributed by atoms with E-state index < -0.39 is 5.97 Å². The number of methoxy groups -OCH3 is 2. The van der Waals surface area contributed by atoms with E-state index in [1.165, 1.54) is 6.07 Å². The Labute approximate surface area is 134 Å². The van der Waals surface area contributed by atoms with Gasteiger partial charge in [-0.1, -0.05) is 6.07 Å². The third-order valence-electron chi connectivity index (χ3n) is 3.45. The minimum atomic E-state index is -1.01. The average molecular weight is 316 g/mol. The first-order chi connectivity index (χ1) is 11.0. The zero-order chi connectivity index (χ0) is 16.8. The molecule has 0 heterocycles. The van der Waals surface area contributed by atoms with Crippen molar-refractivity contribution < 1.29 is 19.4 Å². The maximum absolute atomic E-state index is 11.2. The summed E-state index contributed by atoms with van der Waals surface area (Å²) in [4.78, 5) is 11.2. The largest absolute Gasteiger partial charge is 0.493 e. The van der Waals surface area contributed by atoms with Crippen LogP contribution in [0.1, 0.15) is 15.9 Å². The fourth-order valence-corrected chi connectivity index (χ4v) is 2.27. The van der Waals surface area contributed by atoms with Gasteiger partial charge < -0.3 is 25.6 Å². The Balaban J connectivity index is 2.04. The number of anilines is 2. The Bertz CT molecular complexity index is 701. The van der Waals surface area contributed by atoms with Gasteiger partial charge in [0.05, 0.1) is 19.8 Å². The number of hydrogen-bond acceptors (Lipinski definition) is 5. The number of hydrogen-bond donors (Lipinski definition) is 3. The lowest BCUT2D eigenvalue weighted by atomic mass is 10.1. The lowest BCUT2D eigenvalue weighted by Gasteiger charge is -2.12. The normalized spacial score (nSPS) is 10.2. The highest BCUT2D eigenvalue weighted by Gasteiger charge is 2.10. The van der Waals surface area contributed by atoms with Crippen LogP contribution in [0.2, 0.25) is 0 Å². The van der Waals surface area contributed by atoms with Crippen LogP contribution in [0.15, 0.2) is 36.4 Å². The van der Waals surface area contributed by atoms with Gasteiger partial charge in [-0.25, -0.2) is 4.79 Å². The smallest absolute Gasteiger partial charge is 0.337 e. The van der Waals surface area contributed by atoms with E-state index >= 15 is 0 Å². The average Bonchev–Trinajstić information content (AvgIpc) is 2.55. The molecular formula is C17H20N2O4. The lowest BCUT2D eigenvalue weighted by molar-refractivity contribution is 0.0698. The number of aromatic carboxylic acids is 1. The van der Waals surface area contributed by atoms with Crippen LogP contribution in [0.25, 0.3) is 0 Å². The van der Waals surface area contributed by atoms with Gasteiger partial charge in [0.25, 0.3) is 0 Å². The Kier molecular flexibility index (Phi) is 5.30. The fourth-order valence-electron chi connectivity index (χ4n) is 2.27. The van der Waals surface area contributed by atoms with Crippen LogP contribution in [0.3, 0.4) is 0 Å². The molecule has 122 valence electrons. The highest BCUT2D eigenvalue weighted by atomic mass is 16.5. The maximum Gasteiger partial charge on any atom is 0.337 e. The molecule has 0 atom stereocenters. The van der Waals surface area contributed by atoms with E-state index in [0.29, 0.717) is 35.8 Å². The van der Waals surface area contributed by atoms with Crippen molar-refractivity contribution >= 4 is 17.3 Å². The second-order valence-corrected chi connectivity index (χ2v) is 4.98. The Morgan fingerprint density at radius 2 is 1.87 bits per heavy atom. The van der Waals surface area contributed by atoms with Crippen LogP contribution < -0.4 is 20.5 Å². The van der Waals surface area contributed by atoms with E-state index in [0.717, 1.165) is 5.56 Å². The number of nitrogens with two attached hydrogens (primary N) is 1. The summed E-state index contributed by atoms with van der Waals surface area (Å²) in [6.45, 7) is 0.583. The molecule has 0 aliphatic rings. The predicted molar refractivity (Wildman–Crippen MR) is 89.6 cm³/mol. The molecule has 0 saturated heterocycles. The van der Waals surface area contributed by atoms with Crippen molar-refractivity contribution in [2.45, 2.75) is 6.42 Å². The summed E-state index contributed by atoms with van der Waals surface area (Å²) >= 11 is 0. The zero-order valence-corrected chi connectivity index (χ0v) is 13.1. The van der Waals surface area contributed by atoms with Gasteiger partial charge >= 0.3 is 5.97 Å². The summed E-state index contributed by atoms with van der Waals surface area (Å²) in [5, 5.41) is 12.3. The monoisotopic (exact) mass is 316 g/mol. The summed E-state index contributed by atoms with van der Waals surface area (Å²) in [5.41, 5.74) is 7.82. The molecule has 0 radical (unpaired) electrons. The minimum absolute atomic E-state index is 0.164. The Morgan fingerprint density at radius 1 is 1.13 bits per heavy atom. The highest BCUT2D eigenvalue weighted by molar-refractivity contribution is 5.95. The van der Waals surface area contributed by atoms with Crippen LogP contribution in [-0.2, 0) is 6.42 Å². The van der Waals surface area contributed by atoms with Gasteiger partial charge in [0.15, 0.2) is 11.5 Å². The van der Waals surface area contributed by atoms with Crippen LogP contribution in [-0.4, -0.2) is 31.8 Å². The zero-order valence-electron chi connectivity index (χ0n) is 13.1.